The van der Waals surface area contributed by atoms with Crippen LogP contribution >= 0.6 is 0 Å². The normalized spacial score (nSPS) is 12.5. The average Bonchev–Trinajstić information content (AvgIpc) is 3.08. The summed E-state index contributed by atoms with van der Waals surface area (Å²) in [5.74, 6) is 0. The molecule has 0 aliphatic rings. The van der Waals surface area contributed by atoms with E-state index in [0.717, 1.165) is 5.52 Å². The molecular formula is C26H18N3+. The van der Waals surface area contributed by atoms with Gasteiger partial charge in [0.1, 0.15) is 5.52 Å². The maximum atomic E-state index is 4.89. The number of para-hydroxylation sites is 1. The van der Waals surface area contributed by atoms with E-state index >= 15 is 0 Å². The highest BCUT2D eigenvalue weighted by Gasteiger charge is 2.24. The first-order valence-corrected chi connectivity index (χ1v) is 9.97. The minimum atomic E-state index is 1.08. The van der Waals surface area contributed by atoms with E-state index in [1.807, 2.05) is 6.33 Å². The molecule has 0 N–H and O–H groups in total. The maximum absolute atomic E-state index is 4.89. The Morgan fingerprint density at radius 1 is 0.793 bits per heavy atom. The van der Waals surface area contributed by atoms with Gasteiger partial charge < -0.3 is 4.40 Å². The maximum Gasteiger partial charge on any atom is 0.287 e. The van der Waals surface area contributed by atoms with Crippen LogP contribution in [0, 0.1) is 6.92 Å². The zero-order valence-electron chi connectivity index (χ0n) is 16.3. The number of rotatable bonds is 0. The van der Waals surface area contributed by atoms with Gasteiger partial charge in [-0.15, -0.1) is 0 Å². The molecule has 0 aliphatic carbocycles. The number of hydrogen-bond acceptors (Lipinski definition) is 1. The molecule has 7 rings (SSSR count). The zero-order valence-corrected chi connectivity index (χ0v) is 16.3. The molecule has 3 heteroatoms. The number of pyridine rings is 1. The fraction of sp³-hybridized carbons (Fsp3) is 0.0769. The zero-order chi connectivity index (χ0) is 19.3. The fourth-order valence-electron chi connectivity index (χ4n) is 5.25. The second-order valence-corrected chi connectivity index (χ2v) is 8.05. The van der Waals surface area contributed by atoms with Crippen molar-refractivity contribution in [3.63, 3.8) is 0 Å². The highest BCUT2D eigenvalue weighted by molar-refractivity contribution is 6.28. The van der Waals surface area contributed by atoms with Gasteiger partial charge in [0.2, 0.25) is 0 Å². The van der Waals surface area contributed by atoms with Crippen LogP contribution in [-0.2, 0) is 7.05 Å². The quantitative estimate of drug-likeness (QED) is 0.191. The lowest BCUT2D eigenvalue weighted by atomic mass is 9.98. The highest BCUT2D eigenvalue weighted by atomic mass is 15.0. The lowest BCUT2D eigenvalue weighted by Gasteiger charge is -2.14. The molecule has 0 spiro atoms. The summed E-state index contributed by atoms with van der Waals surface area (Å²) in [6, 6.07) is 24.2. The number of nitrogens with zero attached hydrogens (tertiary/aromatic N) is 3. The van der Waals surface area contributed by atoms with Gasteiger partial charge in [-0.25, -0.2) is 4.57 Å². The predicted molar refractivity (Wildman–Crippen MR) is 120 cm³/mol. The van der Waals surface area contributed by atoms with Crippen LogP contribution in [-0.4, -0.2) is 9.38 Å². The third-order valence-corrected chi connectivity index (χ3v) is 6.47. The Labute approximate surface area is 166 Å². The van der Waals surface area contributed by atoms with Crippen molar-refractivity contribution in [1.82, 2.24) is 9.38 Å². The van der Waals surface area contributed by atoms with Gasteiger partial charge >= 0.3 is 0 Å². The monoisotopic (exact) mass is 372 g/mol. The first-order valence-electron chi connectivity index (χ1n) is 9.97. The Hall–Kier alpha value is -3.72. The second-order valence-electron chi connectivity index (χ2n) is 8.05. The van der Waals surface area contributed by atoms with Crippen LogP contribution in [0.25, 0.3) is 59.9 Å². The molecule has 29 heavy (non-hydrogen) atoms. The van der Waals surface area contributed by atoms with E-state index in [1.165, 1.54) is 59.9 Å². The smallest absolute Gasteiger partial charge is 0.287 e. The molecule has 3 aromatic heterocycles. The van der Waals surface area contributed by atoms with Crippen molar-refractivity contribution in [2.45, 2.75) is 6.92 Å². The summed E-state index contributed by atoms with van der Waals surface area (Å²) in [5, 5.41) is 7.59. The summed E-state index contributed by atoms with van der Waals surface area (Å²) in [7, 11) is 2.11. The van der Waals surface area contributed by atoms with E-state index in [1.54, 1.807) is 0 Å². The molecule has 0 aliphatic heterocycles. The molecule has 3 heterocycles. The predicted octanol–water partition coefficient (Wildman–Crippen LogP) is 5.67. The Kier molecular flexibility index (Phi) is 2.63. The summed E-state index contributed by atoms with van der Waals surface area (Å²) in [4.78, 5) is 4.89. The molecule has 4 aromatic carbocycles. The van der Waals surface area contributed by atoms with Crippen molar-refractivity contribution in [3.05, 3.63) is 78.6 Å². The van der Waals surface area contributed by atoms with E-state index in [0.29, 0.717) is 0 Å². The molecular weight excluding hydrogens is 354 g/mol. The number of aryl methyl sites for hydroxylation is 2. The van der Waals surface area contributed by atoms with Crippen molar-refractivity contribution in [2.75, 3.05) is 0 Å². The molecule has 0 radical (unpaired) electrons. The highest BCUT2D eigenvalue weighted by Crippen LogP contribution is 2.41. The molecule has 0 unspecified atom stereocenters. The van der Waals surface area contributed by atoms with Crippen molar-refractivity contribution < 1.29 is 4.57 Å². The Morgan fingerprint density at radius 3 is 2.48 bits per heavy atom. The van der Waals surface area contributed by atoms with Crippen molar-refractivity contribution in [1.29, 1.82) is 0 Å². The molecule has 0 saturated heterocycles. The molecule has 0 saturated carbocycles. The van der Waals surface area contributed by atoms with Gasteiger partial charge in [0.25, 0.3) is 6.33 Å². The van der Waals surface area contributed by atoms with Gasteiger partial charge in [0.15, 0.2) is 5.52 Å². The number of fused-ring (bicyclic) bond motifs is 7. The van der Waals surface area contributed by atoms with Crippen molar-refractivity contribution in [2.24, 2.45) is 7.05 Å². The number of aromatic nitrogens is 3. The largest absolute Gasteiger partial charge is 0.308 e. The third-order valence-electron chi connectivity index (χ3n) is 6.47. The summed E-state index contributed by atoms with van der Waals surface area (Å²) >= 11 is 0. The van der Waals surface area contributed by atoms with Crippen LogP contribution in [0.5, 0.6) is 0 Å². The summed E-state index contributed by atoms with van der Waals surface area (Å²) < 4.78 is 4.64. The van der Waals surface area contributed by atoms with Gasteiger partial charge in [0, 0.05) is 21.5 Å². The topological polar surface area (TPSA) is 21.2 Å². The van der Waals surface area contributed by atoms with Gasteiger partial charge in [0.05, 0.1) is 29.0 Å². The summed E-state index contributed by atoms with van der Waals surface area (Å²) in [5.41, 5.74) is 7.41. The first kappa shape index (κ1) is 15.2. The SMILES string of the molecule is Cc1ccc2c3ccccc3n3c4cc5ccccc5c5nc[n+](C)c(c1c23)c54. The van der Waals surface area contributed by atoms with Crippen molar-refractivity contribution >= 4 is 59.9 Å². The summed E-state index contributed by atoms with van der Waals surface area (Å²) in [6.45, 7) is 2.22. The van der Waals surface area contributed by atoms with Crippen LogP contribution in [0.1, 0.15) is 5.56 Å². The molecule has 136 valence electrons. The lowest BCUT2D eigenvalue weighted by molar-refractivity contribution is -0.646. The molecule has 0 bridgehead atoms. The molecule has 3 nitrogen and oxygen atoms in total. The summed E-state index contributed by atoms with van der Waals surface area (Å²) in [6.07, 6.45) is 1.96. The fourth-order valence-corrected chi connectivity index (χ4v) is 5.25. The van der Waals surface area contributed by atoms with Gasteiger partial charge in [-0.05, 0) is 41.1 Å². The molecule has 7 aromatic rings. The molecule has 0 amide bonds. The third kappa shape index (κ3) is 1.70. The Bertz CT molecular complexity index is 1770. The number of hydrogen-bond donors (Lipinski definition) is 0. The molecule has 0 atom stereocenters. The number of benzene rings is 4. The van der Waals surface area contributed by atoms with E-state index in [2.05, 4.69) is 89.7 Å². The van der Waals surface area contributed by atoms with Crippen LogP contribution in [0.4, 0.5) is 0 Å². The Balaban J connectivity index is 2.00. The van der Waals surface area contributed by atoms with E-state index in [4.69, 9.17) is 4.98 Å². The van der Waals surface area contributed by atoms with Crippen LogP contribution < -0.4 is 4.57 Å². The standard InChI is InChI=1S/C26H18N3/c1-15-11-12-19-18-9-5-6-10-20(18)29-21-13-16-7-3-4-8-17(16)24-23(21)26(22(15)25(19)29)28(2)14-27-24/h3-14H,1-2H3/q+1. The van der Waals surface area contributed by atoms with Crippen LogP contribution in [0.15, 0.2) is 73.1 Å². The minimum absolute atomic E-state index is 1.08. The second kappa shape index (κ2) is 5.00. The van der Waals surface area contributed by atoms with Gasteiger partial charge in [-0.2, -0.15) is 0 Å². The van der Waals surface area contributed by atoms with E-state index in [-0.39, 0.29) is 0 Å². The van der Waals surface area contributed by atoms with Gasteiger partial charge in [-0.1, -0.05) is 48.5 Å². The van der Waals surface area contributed by atoms with E-state index < -0.39 is 0 Å². The average molecular weight is 372 g/mol. The minimum Gasteiger partial charge on any atom is -0.308 e. The van der Waals surface area contributed by atoms with E-state index in [9.17, 15) is 0 Å². The Morgan fingerprint density at radius 2 is 1.59 bits per heavy atom. The lowest BCUT2D eigenvalue weighted by Crippen LogP contribution is -2.30. The van der Waals surface area contributed by atoms with Crippen molar-refractivity contribution in [3.8, 4) is 0 Å². The molecule has 0 fully saturated rings. The van der Waals surface area contributed by atoms with Gasteiger partial charge in [-0.3, -0.25) is 0 Å². The first-order chi connectivity index (χ1) is 14.2. The van der Waals surface area contributed by atoms with Crippen LogP contribution in [0.2, 0.25) is 0 Å². The van der Waals surface area contributed by atoms with Crippen LogP contribution in [0.3, 0.4) is 0 Å².